The number of carbonyl (C=O) groups excluding carboxylic acids is 1. The SMILES string of the molecule is CC(C(=O)c1ccc(F)cc1F)N1CCCNCC1. The van der Waals surface area contributed by atoms with E-state index in [9.17, 15) is 13.6 Å². The molecule has 0 radical (unpaired) electrons. The first-order valence-electron chi connectivity index (χ1n) is 6.53. The second-order valence-corrected chi connectivity index (χ2v) is 4.80. The molecule has 0 aromatic heterocycles. The monoisotopic (exact) mass is 268 g/mol. The number of hydrogen-bond donors (Lipinski definition) is 1. The van der Waals surface area contributed by atoms with Crippen LogP contribution in [0.5, 0.6) is 0 Å². The molecule has 1 N–H and O–H groups in total. The molecule has 0 spiro atoms. The topological polar surface area (TPSA) is 32.3 Å². The third-order valence-electron chi connectivity index (χ3n) is 3.50. The van der Waals surface area contributed by atoms with Gasteiger partial charge < -0.3 is 5.32 Å². The van der Waals surface area contributed by atoms with Gasteiger partial charge in [-0.15, -0.1) is 0 Å². The van der Waals surface area contributed by atoms with E-state index in [1.54, 1.807) is 6.92 Å². The Kier molecular flexibility index (Phi) is 4.61. The first-order valence-corrected chi connectivity index (χ1v) is 6.53. The molecule has 1 fully saturated rings. The fourth-order valence-electron chi connectivity index (χ4n) is 2.33. The van der Waals surface area contributed by atoms with E-state index in [0.29, 0.717) is 0 Å². The molecular weight excluding hydrogens is 250 g/mol. The van der Waals surface area contributed by atoms with Crippen LogP contribution < -0.4 is 5.32 Å². The number of hydrogen-bond acceptors (Lipinski definition) is 3. The molecule has 1 saturated heterocycles. The van der Waals surface area contributed by atoms with Crippen LogP contribution in [0.1, 0.15) is 23.7 Å². The van der Waals surface area contributed by atoms with Crippen LogP contribution >= 0.6 is 0 Å². The zero-order valence-corrected chi connectivity index (χ0v) is 11.0. The molecule has 1 heterocycles. The first-order chi connectivity index (χ1) is 9.09. The lowest BCUT2D eigenvalue weighted by Crippen LogP contribution is -2.41. The summed E-state index contributed by atoms with van der Waals surface area (Å²) in [6.45, 7) is 5.10. The van der Waals surface area contributed by atoms with Crippen molar-refractivity contribution in [3.05, 3.63) is 35.4 Å². The number of nitrogens with one attached hydrogen (secondary N) is 1. The van der Waals surface area contributed by atoms with Gasteiger partial charge in [0.1, 0.15) is 11.6 Å². The molecule has 1 aromatic carbocycles. The van der Waals surface area contributed by atoms with Crippen LogP contribution in [0, 0.1) is 11.6 Å². The summed E-state index contributed by atoms with van der Waals surface area (Å²) < 4.78 is 26.5. The molecule has 1 atom stereocenters. The molecule has 19 heavy (non-hydrogen) atoms. The zero-order chi connectivity index (χ0) is 13.8. The number of ketones is 1. The lowest BCUT2D eigenvalue weighted by molar-refractivity contribution is 0.0842. The summed E-state index contributed by atoms with van der Waals surface area (Å²) in [6, 6.07) is 2.70. The summed E-state index contributed by atoms with van der Waals surface area (Å²) in [5.74, 6) is -1.75. The highest BCUT2D eigenvalue weighted by Crippen LogP contribution is 2.15. The van der Waals surface area contributed by atoms with Gasteiger partial charge in [-0.3, -0.25) is 9.69 Å². The van der Waals surface area contributed by atoms with Gasteiger partial charge in [0.2, 0.25) is 0 Å². The molecule has 0 bridgehead atoms. The molecular formula is C14H18F2N2O. The number of halogens is 2. The van der Waals surface area contributed by atoms with Crippen molar-refractivity contribution in [2.45, 2.75) is 19.4 Å². The van der Waals surface area contributed by atoms with Gasteiger partial charge in [-0.05, 0) is 32.0 Å². The molecule has 0 aliphatic carbocycles. The molecule has 5 heteroatoms. The third kappa shape index (κ3) is 3.36. The average Bonchev–Trinajstić information content (AvgIpc) is 2.66. The van der Waals surface area contributed by atoms with Crippen LogP contribution in [0.2, 0.25) is 0 Å². The molecule has 1 unspecified atom stereocenters. The quantitative estimate of drug-likeness (QED) is 0.849. The molecule has 1 aromatic rings. The summed E-state index contributed by atoms with van der Waals surface area (Å²) in [5.41, 5.74) is -0.0360. The van der Waals surface area contributed by atoms with Crippen molar-refractivity contribution in [2.75, 3.05) is 26.2 Å². The number of Topliss-reactive ketones (excluding diaryl/α,β-unsaturated/α-hetero) is 1. The molecule has 2 rings (SSSR count). The molecule has 0 amide bonds. The maximum atomic E-state index is 13.6. The van der Waals surface area contributed by atoms with Crippen LogP contribution in [0.3, 0.4) is 0 Å². The van der Waals surface area contributed by atoms with Crippen LogP contribution in [-0.2, 0) is 0 Å². The van der Waals surface area contributed by atoms with E-state index in [1.807, 2.05) is 4.90 Å². The van der Waals surface area contributed by atoms with Gasteiger partial charge in [0.15, 0.2) is 5.78 Å². The molecule has 1 aliphatic rings. The highest BCUT2D eigenvalue weighted by molar-refractivity contribution is 6.00. The Bertz CT molecular complexity index is 457. The van der Waals surface area contributed by atoms with Gasteiger partial charge in [0.05, 0.1) is 11.6 Å². The normalized spacial score (nSPS) is 18.9. The van der Waals surface area contributed by atoms with Gasteiger partial charge in [0, 0.05) is 25.7 Å². The lowest BCUT2D eigenvalue weighted by Gasteiger charge is -2.26. The van der Waals surface area contributed by atoms with E-state index < -0.39 is 11.6 Å². The largest absolute Gasteiger partial charge is 0.315 e. The van der Waals surface area contributed by atoms with E-state index in [2.05, 4.69) is 5.32 Å². The van der Waals surface area contributed by atoms with Crippen molar-refractivity contribution >= 4 is 5.78 Å². The highest BCUT2D eigenvalue weighted by atomic mass is 19.1. The summed E-state index contributed by atoms with van der Waals surface area (Å²) in [7, 11) is 0. The van der Waals surface area contributed by atoms with Crippen molar-refractivity contribution in [1.29, 1.82) is 0 Å². The van der Waals surface area contributed by atoms with Gasteiger partial charge in [-0.25, -0.2) is 8.78 Å². The third-order valence-corrected chi connectivity index (χ3v) is 3.50. The number of benzene rings is 1. The minimum absolute atomic E-state index is 0.0360. The van der Waals surface area contributed by atoms with E-state index in [-0.39, 0.29) is 17.4 Å². The Balaban J connectivity index is 2.13. The Morgan fingerprint density at radius 3 is 2.84 bits per heavy atom. The highest BCUT2D eigenvalue weighted by Gasteiger charge is 2.25. The van der Waals surface area contributed by atoms with E-state index in [1.165, 1.54) is 6.07 Å². The van der Waals surface area contributed by atoms with Gasteiger partial charge >= 0.3 is 0 Å². The van der Waals surface area contributed by atoms with Gasteiger partial charge in [-0.2, -0.15) is 0 Å². The second-order valence-electron chi connectivity index (χ2n) is 4.80. The van der Waals surface area contributed by atoms with Crippen LogP contribution in [-0.4, -0.2) is 42.9 Å². The molecule has 1 aliphatic heterocycles. The number of nitrogens with zero attached hydrogens (tertiary/aromatic N) is 1. The minimum atomic E-state index is -0.787. The number of rotatable bonds is 3. The fraction of sp³-hybridized carbons (Fsp3) is 0.500. The molecule has 0 saturated carbocycles. The van der Waals surface area contributed by atoms with E-state index in [0.717, 1.165) is 44.7 Å². The van der Waals surface area contributed by atoms with Crippen molar-refractivity contribution in [2.24, 2.45) is 0 Å². The smallest absolute Gasteiger partial charge is 0.182 e. The summed E-state index contributed by atoms with van der Waals surface area (Å²) >= 11 is 0. The van der Waals surface area contributed by atoms with Gasteiger partial charge in [-0.1, -0.05) is 0 Å². The van der Waals surface area contributed by atoms with Crippen LogP contribution in [0.25, 0.3) is 0 Å². The average molecular weight is 268 g/mol. The molecule has 104 valence electrons. The van der Waals surface area contributed by atoms with Crippen LogP contribution in [0.4, 0.5) is 8.78 Å². The second kappa shape index (κ2) is 6.21. The van der Waals surface area contributed by atoms with Crippen molar-refractivity contribution in [3.8, 4) is 0 Å². The summed E-state index contributed by atoms with van der Waals surface area (Å²) in [4.78, 5) is 14.3. The van der Waals surface area contributed by atoms with Gasteiger partial charge in [0.25, 0.3) is 0 Å². The maximum Gasteiger partial charge on any atom is 0.182 e. The summed E-state index contributed by atoms with van der Waals surface area (Å²) in [5, 5.41) is 3.25. The van der Waals surface area contributed by atoms with Crippen LogP contribution in [0.15, 0.2) is 18.2 Å². The fourth-order valence-corrected chi connectivity index (χ4v) is 2.33. The summed E-state index contributed by atoms with van der Waals surface area (Å²) in [6.07, 6.45) is 0.962. The Morgan fingerprint density at radius 2 is 2.11 bits per heavy atom. The standard InChI is InChI=1S/C14H18F2N2O/c1-10(18-7-2-5-17-6-8-18)14(19)12-4-3-11(15)9-13(12)16/h3-4,9-10,17H,2,5-8H2,1H3. The van der Waals surface area contributed by atoms with Crippen molar-refractivity contribution in [3.63, 3.8) is 0 Å². The van der Waals surface area contributed by atoms with Crippen molar-refractivity contribution < 1.29 is 13.6 Å². The predicted octanol–water partition coefficient (Wildman–Crippen LogP) is 1.83. The first kappa shape index (κ1) is 14.1. The van der Waals surface area contributed by atoms with E-state index in [4.69, 9.17) is 0 Å². The van der Waals surface area contributed by atoms with Crippen molar-refractivity contribution in [1.82, 2.24) is 10.2 Å². The Labute approximate surface area is 111 Å². The minimum Gasteiger partial charge on any atom is -0.315 e. The Hall–Kier alpha value is -1.33. The number of carbonyl (C=O) groups is 1. The zero-order valence-electron chi connectivity index (χ0n) is 11.0. The predicted molar refractivity (Wildman–Crippen MR) is 69.2 cm³/mol. The maximum absolute atomic E-state index is 13.6. The Morgan fingerprint density at radius 1 is 1.32 bits per heavy atom. The molecule has 3 nitrogen and oxygen atoms in total. The lowest BCUT2D eigenvalue weighted by atomic mass is 10.0. The van der Waals surface area contributed by atoms with E-state index >= 15 is 0 Å².